The lowest BCUT2D eigenvalue weighted by atomic mass is 9.77. The molecule has 1 aliphatic carbocycles. The number of hydrogen-bond donors (Lipinski definition) is 4. The van der Waals surface area contributed by atoms with E-state index in [-0.39, 0.29) is 49.3 Å². The summed E-state index contributed by atoms with van der Waals surface area (Å²) in [4.78, 5) is 19.0. The number of cyclic esters (lactones) is 1. The molecule has 398 valence electrons. The summed E-state index contributed by atoms with van der Waals surface area (Å²) in [5.41, 5.74) is -2.41. The highest BCUT2D eigenvalue weighted by atomic mass is 32.2. The van der Waals surface area contributed by atoms with E-state index in [9.17, 15) is 33.6 Å². The molecule has 70 heavy (non-hydrogen) atoms. The van der Waals surface area contributed by atoms with Crippen LogP contribution in [0.1, 0.15) is 131 Å². The number of carbonyl (C=O) groups excluding carboxylic acids is 1. The van der Waals surface area contributed by atoms with Crippen molar-refractivity contribution < 1.29 is 62.1 Å². The van der Waals surface area contributed by atoms with E-state index in [1.54, 1.807) is 46.8 Å². The van der Waals surface area contributed by atoms with Crippen molar-refractivity contribution in [1.29, 1.82) is 0 Å². The topological polar surface area (TPSA) is 225 Å². The fourth-order valence-corrected chi connectivity index (χ4v) is 12.1. The van der Waals surface area contributed by atoms with Crippen molar-refractivity contribution in [2.24, 2.45) is 17.8 Å². The Bertz CT molecular complexity index is 2140. The molecule has 0 radical (unpaired) electrons. The summed E-state index contributed by atoms with van der Waals surface area (Å²) in [5, 5.41) is 56.4. The average molecular weight is 1010 g/mol. The van der Waals surface area contributed by atoms with Crippen LogP contribution < -0.4 is 0 Å². The van der Waals surface area contributed by atoms with Crippen LogP contribution in [0, 0.1) is 17.8 Å². The summed E-state index contributed by atoms with van der Waals surface area (Å²) in [6, 6.07) is 6.75. The first-order valence-electron chi connectivity index (χ1n) is 25.4. The zero-order chi connectivity index (χ0) is 51.8. The zero-order valence-corrected chi connectivity index (χ0v) is 44.9. The lowest BCUT2D eigenvalue weighted by Gasteiger charge is -2.48. The number of benzene rings is 1. The van der Waals surface area contributed by atoms with Crippen LogP contribution in [0.3, 0.4) is 0 Å². The van der Waals surface area contributed by atoms with Gasteiger partial charge in [-0.1, -0.05) is 38.1 Å². The Morgan fingerprint density at radius 1 is 0.929 bits per heavy atom. The number of sulfone groups is 1. The fraction of sp³-hybridized carbons (Fsp3) is 0.824. The number of likely N-dealkylation sites (N-methyl/N-ethyl adjacent to an activating group) is 2. The number of aromatic nitrogens is 3. The maximum Gasteiger partial charge on any atom is 0.311 e. The van der Waals surface area contributed by atoms with E-state index in [2.05, 4.69) is 22.3 Å². The molecule has 0 amide bonds. The molecule has 1 aromatic heterocycles. The molecule has 4 fully saturated rings. The Morgan fingerprint density at radius 3 is 2.23 bits per heavy atom. The fourth-order valence-electron chi connectivity index (χ4n) is 11.5. The second-order valence-electron chi connectivity index (χ2n) is 22.3. The van der Waals surface area contributed by atoms with Gasteiger partial charge in [-0.05, 0) is 112 Å². The standard InChI is InChI=1S/C51H85N5O13S/c1-15-41-51(10,61)45(57)33(6)55(12)27-29(2)25-49(8,60)47(31(4)44(32(5)48(59)67-41)68-43-26-50(9,64-13)46(58)34(7)66-43)69-42-23-37(22-30(3)65-42)54(11)21-20-36-28-56(53-52-36)40-24-39(40)35-16-18-38(19-17-35)70(14,62)63/h16-19,28-34,37,39-47,57-58,60-61H,15,20-27H2,1-14H3/t29-,30-,31+,32-,33-,34+,37+,39?,40-,41-,42+,43+,44+,45-,46+,47-,49-,50-,51-/m1/s1. The first-order chi connectivity index (χ1) is 32.6. The predicted octanol–water partition coefficient (Wildman–Crippen LogP) is 4.27. The Balaban J connectivity index is 1.23. The van der Waals surface area contributed by atoms with Crippen molar-refractivity contribution in [3.05, 3.63) is 41.7 Å². The summed E-state index contributed by atoms with van der Waals surface area (Å²) in [6.45, 7) is 19.2. The number of nitrogens with zero attached hydrogens (tertiary/aromatic N) is 5. The highest BCUT2D eigenvalue weighted by molar-refractivity contribution is 7.90. The predicted molar refractivity (Wildman–Crippen MR) is 261 cm³/mol. The quantitative estimate of drug-likeness (QED) is 0.206. The smallest absolute Gasteiger partial charge is 0.311 e. The van der Waals surface area contributed by atoms with Gasteiger partial charge in [0.1, 0.15) is 23.9 Å². The van der Waals surface area contributed by atoms with Crippen LogP contribution in [0.4, 0.5) is 0 Å². The summed E-state index contributed by atoms with van der Waals surface area (Å²) >= 11 is 0. The number of aliphatic hydroxyl groups excluding tert-OH is 2. The minimum atomic E-state index is -3.27. The zero-order valence-electron chi connectivity index (χ0n) is 44.1. The third-order valence-corrected chi connectivity index (χ3v) is 17.3. The molecule has 0 spiro atoms. The number of methoxy groups -OCH3 is 1. The van der Waals surface area contributed by atoms with Gasteiger partial charge >= 0.3 is 5.97 Å². The number of carbonyl (C=O) groups is 1. The Labute approximate surface area is 416 Å². The Kier molecular flexibility index (Phi) is 18.2. The van der Waals surface area contributed by atoms with Gasteiger partial charge in [0, 0.05) is 75.8 Å². The molecule has 4 N–H and O–H groups in total. The van der Waals surface area contributed by atoms with Crippen molar-refractivity contribution in [3.63, 3.8) is 0 Å². The second-order valence-corrected chi connectivity index (χ2v) is 24.3. The van der Waals surface area contributed by atoms with E-state index in [1.807, 2.05) is 62.7 Å². The number of esters is 1. The van der Waals surface area contributed by atoms with Gasteiger partial charge in [-0.25, -0.2) is 13.1 Å². The molecule has 2 aromatic rings. The van der Waals surface area contributed by atoms with Crippen LogP contribution in [0.25, 0.3) is 0 Å². The molecule has 4 heterocycles. The molecule has 1 aromatic carbocycles. The van der Waals surface area contributed by atoms with Gasteiger partial charge in [-0.3, -0.25) is 4.79 Å². The normalized spacial score (nSPS) is 42.0. The Morgan fingerprint density at radius 2 is 1.60 bits per heavy atom. The largest absolute Gasteiger partial charge is 0.459 e. The van der Waals surface area contributed by atoms with E-state index in [0.29, 0.717) is 30.8 Å². The molecule has 0 bridgehead atoms. The van der Waals surface area contributed by atoms with Gasteiger partial charge in [0.15, 0.2) is 22.4 Å². The monoisotopic (exact) mass is 1010 g/mol. The molecular formula is C51H85N5O13S. The first kappa shape index (κ1) is 56.6. The lowest BCUT2D eigenvalue weighted by Crippen LogP contribution is -2.59. The minimum Gasteiger partial charge on any atom is -0.459 e. The van der Waals surface area contributed by atoms with Crippen LogP contribution in [0.2, 0.25) is 0 Å². The van der Waals surface area contributed by atoms with Gasteiger partial charge in [-0.2, -0.15) is 0 Å². The van der Waals surface area contributed by atoms with Gasteiger partial charge in [-0.15, -0.1) is 5.10 Å². The average Bonchev–Trinajstić information content (AvgIpc) is 3.96. The summed E-state index contributed by atoms with van der Waals surface area (Å²) in [6.07, 6.45) is -1.17. The number of hydrogen-bond acceptors (Lipinski definition) is 17. The summed E-state index contributed by atoms with van der Waals surface area (Å²) in [5.74, 6) is -2.25. The van der Waals surface area contributed by atoms with Crippen molar-refractivity contribution in [3.8, 4) is 0 Å². The van der Waals surface area contributed by atoms with E-state index >= 15 is 0 Å². The van der Waals surface area contributed by atoms with Gasteiger partial charge < -0.3 is 58.6 Å². The molecule has 18 nitrogen and oxygen atoms in total. The van der Waals surface area contributed by atoms with Crippen LogP contribution in [0.5, 0.6) is 0 Å². The highest BCUT2D eigenvalue weighted by Crippen LogP contribution is 2.51. The summed E-state index contributed by atoms with van der Waals surface area (Å²) < 4.78 is 64.5. The van der Waals surface area contributed by atoms with E-state index < -0.39 is 99.7 Å². The van der Waals surface area contributed by atoms with Gasteiger partial charge in [0.25, 0.3) is 0 Å². The van der Waals surface area contributed by atoms with E-state index in [4.69, 9.17) is 28.4 Å². The second kappa shape index (κ2) is 22.4. The summed E-state index contributed by atoms with van der Waals surface area (Å²) in [7, 11) is 2.20. The molecule has 19 heteroatoms. The van der Waals surface area contributed by atoms with E-state index in [1.165, 1.54) is 20.3 Å². The maximum absolute atomic E-state index is 14.5. The SMILES string of the molecule is CC[C@H]1OC(=O)[C@H](C)[C@@H](O[C@H]2C[C@@](C)(OC)[C@@H](O)[C@H](C)O2)[C@H](C)[C@@H](O[C@H]2C[C@@H](N(C)CCc3cn([C@@H]4CC4c4ccc(S(C)(=O)=O)cc4)nn3)C[C@@H](C)O2)[C@](C)(O)C[C@@H](C)CN(C)[C@H](C)[C@@H](O)[C@]1(C)O. The van der Waals surface area contributed by atoms with Crippen LogP contribution in [-0.2, 0) is 49.5 Å². The van der Waals surface area contributed by atoms with Crippen molar-refractivity contribution in [2.45, 2.75) is 215 Å². The maximum atomic E-state index is 14.5. The number of rotatable bonds is 13. The van der Waals surface area contributed by atoms with Crippen LogP contribution in [0.15, 0.2) is 35.4 Å². The molecule has 1 unspecified atom stereocenters. The van der Waals surface area contributed by atoms with Gasteiger partial charge in [0.2, 0.25) is 0 Å². The molecule has 3 saturated heterocycles. The lowest BCUT2D eigenvalue weighted by molar-refractivity contribution is -0.308. The van der Waals surface area contributed by atoms with Crippen LogP contribution in [-0.4, -0.2) is 184 Å². The highest BCUT2D eigenvalue weighted by Gasteiger charge is 2.52. The van der Waals surface area contributed by atoms with E-state index in [0.717, 1.165) is 24.1 Å². The third-order valence-electron chi connectivity index (χ3n) is 16.1. The molecule has 4 aliphatic rings. The molecule has 1 saturated carbocycles. The molecule has 19 atom stereocenters. The third kappa shape index (κ3) is 13.0. The molecule has 3 aliphatic heterocycles. The van der Waals surface area contributed by atoms with Crippen LogP contribution >= 0.6 is 0 Å². The van der Waals surface area contributed by atoms with Crippen molar-refractivity contribution in [1.82, 2.24) is 24.8 Å². The van der Waals surface area contributed by atoms with Crippen molar-refractivity contribution >= 4 is 15.8 Å². The minimum absolute atomic E-state index is 0.0458. The molecular weight excluding hydrogens is 923 g/mol. The van der Waals surface area contributed by atoms with Gasteiger partial charge in [0.05, 0.1) is 58.2 Å². The van der Waals surface area contributed by atoms with Crippen molar-refractivity contribution in [2.75, 3.05) is 40.6 Å². The number of aliphatic hydroxyl groups is 4. The number of ether oxygens (including phenoxy) is 6. The first-order valence-corrected chi connectivity index (χ1v) is 27.3. The molecule has 6 rings (SSSR count). The Hall–Kier alpha value is -2.66.